The summed E-state index contributed by atoms with van der Waals surface area (Å²) in [4.78, 5) is 0. The third kappa shape index (κ3) is 22.2. The Kier molecular flexibility index (Phi) is 31.3. The molecule has 0 aliphatic carbocycles. The molecular weight excluding hydrogens is 581 g/mol. The Morgan fingerprint density at radius 1 is 0.444 bits per heavy atom. The zero-order chi connectivity index (χ0) is 13.3. The minimum Gasteiger partial charge on any atom is -0.0988 e. The SMILES string of the molecule is SSSSSSSSSSSSSSSSSCl. The topological polar surface area (TPSA) is 0 Å². The smallest absolute Gasteiger partial charge is 0.0261 e. The molecule has 0 rings (SSSR count). The monoisotopic (exact) mass is 580 g/mol. The molecule has 0 nitrogen and oxygen atoms in total. The van der Waals surface area contributed by atoms with Crippen molar-refractivity contribution in [1.29, 1.82) is 0 Å². The molecule has 0 amide bonds. The van der Waals surface area contributed by atoms with Crippen LogP contribution in [0.25, 0.3) is 0 Å². The maximum absolute atomic E-state index is 5.45. The Labute approximate surface area is 176 Å². The molecule has 18 heavy (non-hydrogen) atoms. The van der Waals surface area contributed by atoms with E-state index in [0.717, 1.165) is 0 Å². The predicted octanol–water partition coefficient (Wildman–Crippen LogP) is 11.4. The van der Waals surface area contributed by atoms with Gasteiger partial charge in [0, 0.05) is 78.8 Å². The largest absolute Gasteiger partial charge is 0.0988 e. The van der Waals surface area contributed by atoms with Crippen LogP contribution in [0.15, 0.2) is 0 Å². The quantitative estimate of drug-likeness (QED) is 0.111. The van der Waals surface area contributed by atoms with Gasteiger partial charge in [-0.15, -0.1) is 0 Å². The Morgan fingerprint density at radius 2 is 0.722 bits per heavy atom. The standard InChI is InChI=1S/ClHS17/c1-3-5-7-9-11-13-15-17-18-16-14-12-10-8-6-4-2/h2H. The van der Waals surface area contributed by atoms with Crippen molar-refractivity contribution in [3.63, 3.8) is 0 Å². The van der Waals surface area contributed by atoms with Gasteiger partial charge in [0.05, 0.1) is 0 Å². The van der Waals surface area contributed by atoms with Crippen LogP contribution in [0.2, 0.25) is 0 Å². The molecule has 0 saturated carbocycles. The predicted molar refractivity (Wildman–Crippen MR) is 136 cm³/mol. The van der Waals surface area contributed by atoms with Crippen LogP contribution in [0.3, 0.4) is 0 Å². The zero-order valence-corrected chi connectivity index (χ0v) is 22.1. The molecule has 0 saturated heterocycles. The lowest BCUT2D eigenvalue weighted by atomic mass is 30.1. The average Bonchev–Trinajstić information content (AvgIpc) is 2.39. The van der Waals surface area contributed by atoms with Crippen molar-refractivity contribution >= 4 is 180 Å². The van der Waals surface area contributed by atoms with Gasteiger partial charge in [0.2, 0.25) is 0 Å². The van der Waals surface area contributed by atoms with Crippen molar-refractivity contribution in [3.05, 3.63) is 0 Å². The molecule has 0 aliphatic rings. The summed E-state index contributed by atoms with van der Waals surface area (Å²) < 4.78 is 0. The lowest BCUT2D eigenvalue weighted by Crippen LogP contribution is -1.32. The number of thiol groups is 1. The van der Waals surface area contributed by atoms with Crippen LogP contribution in [0.5, 0.6) is 0 Å². The van der Waals surface area contributed by atoms with E-state index in [9.17, 15) is 0 Å². The van der Waals surface area contributed by atoms with Crippen LogP contribution in [0, 0.1) is 0 Å². The van der Waals surface area contributed by atoms with E-state index in [0.29, 0.717) is 0 Å². The Hall–Kier alpha value is 6.24. The summed E-state index contributed by atoms with van der Waals surface area (Å²) in [6, 6.07) is 0. The average molecular weight is 582 g/mol. The van der Waals surface area contributed by atoms with Crippen LogP contribution in [0.4, 0.5) is 0 Å². The van der Waals surface area contributed by atoms with Crippen molar-refractivity contribution in [1.82, 2.24) is 0 Å². The van der Waals surface area contributed by atoms with Gasteiger partial charge in [-0.3, -0.25) is 0 Å². The first-order valence-corrected chi connectivity index (χ1v) is 25.5. The molecule has 0 aromatic heterocycles. The number of rotatable bonds is 15. The summed E-state index contributed by atoms with van der Waals surface area (Å²) in [5, 5.41) is 0. The maximum atomic E-state index is 5.45. The molecule has 0 spiro atoms. The second-order valence-corrected chi connectivity index (χ2v) is 29.4. The Balaban J connectivity index is 2.86. The van der Waals surface area contributed by atoms with E-state index in [2.05, 4.69) is 11.7 Å². The Morgan fingerprint density at radius 3 is 1.00 bits per heavy atom. The molecule has 0 aromatic rings. The fourth-order valence-electron chi connectivity index (χ4n) is 0.159. The first-order chi connectivity index (χ1) is 8.91. The molecule has 0 N–H and O–H groups in total. The van der Waals surface area contributed by atoms with E-state index in [1.54, 1.807) is 138 Å². The third-order valence-corrected chi connectivity index (χ3v) is 33.8. The molecule has 0 heterocycles. The highest BCUT2D eigenvalue weighted by Crippen LogP contribution is 2.63. The fourth-order valence-corrected chi connectivity index (χ4v) is 38.6. The van der Waals surface area contributed by atoms with E-state index in [-0.39, 0.29) is 0 Å². The van der Waals surface area contributed by atoms with Gasteiger partial charge < -0.3 is 0 Å². The van der Waals surface area contributed by atoms with Gasteiger partial charge in [0.15, 0.2) is 0 Å². The normalized spacial score (nSPS) is 11.0. The molecule has 0 fully saturated rings. The van der Waals surface area contributed by atoms with Crippen LogP contribution in [-0.2, 0) is 0 Å². The second-order valence-electron chi connectivity index (χ2n) is 1.09. The summed E-state index contributed by atoms with van der Waals surface area (Å²) >= 11 is 4.04. The molecule has 0 unspecified atom stereocenters. The summed E-state index contributed by atoms with van der Waals surface area (Å²) in [6.45, 7) is 0. The zero-order valence-electron chi connectivity index (χ0n) is 7.36. The van der Waals surface area contributed by atoms with E-state index in [1.807, 2.05) is 0 Å². The van der Waals surface area contributed by atoms with Crippen LogP contribution < -0.4 is 0 Å². The summed E-state index contributed by atoms with van der Waals surface area (Å²) in [6.07, 6.45) is 0. The highest BCUT2D eigenvalue weighted by Gasteiger charge is 1.99. The molecule has 18 heteroatoms. The van der Waals surface area contributed by atoms with Gasteiger partial charge in [-0.2, -0.15) is 0 Å². The number of hydrogen-bond acceptors (Lipinski definition) is 17. The molecule has 110 valence electrons. The lowest BCUT2D eigenvalue weighted by Gasteiger charge is -1.97. The van der Waals surface area contributed by atoms with Crippen molar-refractivity contribution in [2.75, 3.05) is 0 Å². The highest BCUT2D eigenvalue weighted by molar-refractivity contribution is 9.57. The third-order valence-electron chi connectivity index (χ3n) is 0.417. The summed E-state index contributed by atoms with van der Waals surface area (Å²) in [5.41, 5.74) is 0. The molecule has 0 atom stereocenters. The number of hydrogen-bond donors (Lipinski definition) is 1. The van der Waals surface area contributed by atoms with Crippen molar-refractivity contribution in [2.24, 2.45) is 0 Å². The van der Waals surface area contributed by atoms with E-state index < -0.39 is 0 Å². The van der Waals surface area contributed by atoms with Crippen LogP contribution in [-0.4, -0.2) is 0 Å². The molecule has 0 aromatic carbocycles. The van der Waals surface area contributed by atoms with Gasteiger partial charge >= 0.3 is 0 Å². The van der Waals surface area contributed by atoms with Gasteiger partial charge in [0.25, 0.3) is 0 Å². The summed E-state index contributed by atoms with van der Waals surface area (Å²) in [5.74, 6) is 0. The first-order valence-electron chi connectivity index (χ1n) is 2.84. The van der Waals surface area contributed by atoms with Gasteiger partial charge in [-0.05, 0) is 89.3 Å². The van der Waals surface area contributed by atoms with E-state index >= 15 is 0 Å². The second kappa shape index (κ2) is 23.2. The fraction of sp³-hybridized carbons (Fsp3) is 0. The molecular formula is HClS17. The van der Waals surface area contributed by atoms with Crippen molar-refractivity contribution in [3.8, 4) is 0 Å². The maximum Gasteiger partial charge on any atom is 0.0261 e. The van der Waals surface area contributed by atoms with Gasteiger partial charge in [0.1, 0.15) is 0 Å². The minimum absolute atomic E-state index is 1.26. The molecule has 0 aliphatic heterocycles. The van der Waals surface area contributed by atoms with Gasteiger partial charge in [-0.25, -0.2) is 0 Å². The van der Waals surface area contributed by atoms with Gasteiger partial charge in [-0.1, -0.05) is 11.7 Å². The molecule has 0 radical (unpaired) electrons. The molecule has 0 bridgehead atoms. The van der Waals surface area contributed by atoms with Crippen LogP contribution >= 0.6 is 180 Å². The minimum atomic E-state index is 1.26. The van der Waals surface area contributed by atoms with Crippen LogP contribution in [0.1, 0.15) is 0 Å². The van der Waals surface area contributed by atoms with Crippen molar-refractivity contribution < 1.29 is 0 Å². The summed E-state index contributed by atoms with van der Waals surface area (Å²) in [7, 11) is 32.6. The first kappa shape index (κ1) is 24.2. The van der Waals surface area contributed by atoms with E-state index in [4.69, 9.17) is 10.7 Å². The van der Waals surface area contributed by atoms with Crippen molar-refractivity contribution in [2.45, 2.75) is 0 Å². The number of halogens is 1. The van der Waals surface area contributed by atoms with E-state index in [1.165, 1.54) is 19.8 Å². The highest BCUT2D eigenvalue weighted by atomic mass is 35.7. The lowest BCUT2D eigenvalue weighted by molar-refractivity contribution is 5.28. The Bertz CT molecular complexity index is 118.